The summed E-state index contributed by atoms with van der Waals surface area (Å²) < 4.78 is 1.62. The van der Waals surface area contributed by atoms with Gasteiger partial charge in [-0.25, -0.2) is 19.9 Å². The molecule has 0 radical (unpaired) electrons. The van der Waals surface area contributed by atoms with Crippen LogP contribution in [0.2, 0.25) is 0 Å². The number of anilines is 1. The quantitative estimate of drug-likeness (QED) is 0.580. The SMILES string of the molecule is c1cnc(-n2ncc3c(NCC4CCCc5[nH]ncc54)ncnc32)nc1. The number of nitrogens with zero attached hydrogens (tertiary/aromatic N) is 7. The molecule has 4 aromatic heterocycles. The van der Waals surface area contributed by atoms with Crippen LogP contribution in [0.4, 0.5) is 5.82 Å². The molecule has 4 heterocycles. The topological polar surface area (TPSA) is 110 Å². The molecule has 26 heavy (non-hydrogen) atoms. The molecular weight excluding hydrogens is 330 g/mol. The molecule has 0 fully saturated rings. The molecule has 0 amide bonds. The second-order valence-electron chi connectivity index (χ2n) is 6.34. The third-order valence-electron chi connectivity index (χ3n) is 4.79. The van der Waals surface area contributed by atoms with Gasteiger partial charge in [-0.2, -0.15) is 14.9 Å². The molecule has 1 atom stereocenters. The molecule has 4 aromatic rings. The van der Waals surface area contributed by atoms with E-state index in [9.17, 15) is 0 Å². The Morgan fingerprint density at radius 3 is 3.00 bits per heavy atom. The van der Waals surface area contributed by atoms with Gasteiger partial charge in [-0.3, -0.25) is 5.10 Å². The van der Waals surface area contributed by atoms with E-state index in [4.69, 9.17) is 0 Å². The lowest BCUT2D eigenvalue weighted by Crippen LogP contribution is -2.18. The number of H-pyrrole nitrogens is 1. The molecule has 0 bridgehead atoms. The van der Waals surface area contributed by atoms with E-state index in [1.807, 2.05) is 6.20 Å². The molecule has 5 rings (SSSR count). The van der Waals surface area contributed by atoms with Gasteiger partial charge in [0.2, 0.25) is 0 Å². The van der Waals surface area contributed by atoms with Crippen LogP contribution in [0.3, 0.4) is 0 Å². The second-order valence-corrected chi connectivity index (χ2v) is 6.34. The fraction of sp³-hybridized carbons (Fsp3) is 0.294. The largest absolute Gasteiger partial charge is 0.369 e. The van der Waals surface area contributed by atoms with Crippen molar-refractivity contribution in [2.24, 2.45) is 0 Å². The molecule has 130 valence electrons. The number of nitrogens with one attached hydrogen (secondary N) is 2. The lowest BCUT2D eigenvalue weighted by Gasteiger charge is -2.22. The summed E-state index contributed by atoms with van der Waals surface area (Å²) in [6.45, 7) is 0.797. The average Bonchev–Trinajstić information content (AvgIpc) is 3.34. The van der Waals surface area contributed by atoms with Crippen molar-refractivity contribution in [2.45, 2.75) is 25.2 Å². The van der Waals surface area contributed by atoms with Crippen LogP contribution < -0.4 is 5.32 Å². The Bertz CT molecular complexity index is 1040. The summed E-state index contributed by atoms with van der Waals surface area (Å²) in [5.74, 6) is 1.69. The zero-order valence-electron chi connectivity index (χ0n) is 14.0. The number of aryl methyl sites for hydroxylation is 1. The highest BCUT2D eigenvalue weighted by Crippen LogP contribution is 2.30. The summed E-state index contributed by atoms with van der Waals surface area (Å²) in [6, 6.07) is 1.77. The Balaban J connectivity index is 1.43. The van der Waals surface area contributed by atoms with Gasteiger partial charge in [0.1, 0.15) is 12.1 Å². The van der Waals surface area contributed by atoms with Crippen molar-refractivity contribution in [2.75, 3.05) is 11.9 Å². The number of rotatable bonds is 4. The van der Waals surface area contributed by atoms with Crippen molar-refractivity contribution in [3.63, 3.8) is 0 Å². The van der Waals surface area contributed by atoms with E-state index in [0.29, 0.717) is 17.5 Å². The van der Waals surface area contributed by atoms with Gasteiger partial charge in [-0.05, 0) is 30.9 Å². The molecule has 9 heteroatoms. The third-order valence-corrected chi connectivity index (χ3v) is 4.79. The molecule has 2 N–H and O–H groups in total. The van der Waals surface area contributed by atoms with E-state index < -0.39 is 0 Å². The number of hydrogen-bond acceptors (Lipinski definition) is 7. The van der Waals surface area contributed by atoms with Crippen LogP contribution >= 0.6 is 0 Å². The predicted octanol–water partition coefficient (Wildman–Crippen LogP) is 1.86. The summed E-state index contributed by atoms with van der Waals surface area (Å²) in [4.78, 5) is 17.2. The fourth-order valence-corrected chi connectivity index (χ4v) is 3.52. The molecule has 9 nitrogen and oxygen atoms in total. The molecule has 0 aromatic carbocycles. The van der Waals surface area contributed by atoms with Crippen LogP contribution in [0.15, 0.2) is 37.2 Å². The Morgan fingerprint density at radius 2 is 2.08 bits per heavy atom. The summed E-state index contributed by atoms with van der Waals surface area (Å²) in [5.41, 5.74) is 3.24. The van der Waals surface area contributed by atoms with E-state index in [1.165, 1.54) is 24.0 Å². The first-order valence-electron chi connectivity index (χ1n) is 8.62. The van der Waals surface area contributed by atoms with Crippen molar-refractivity contribution in [1.29, 1.82) is 0 Å². The maximum atomic E-state index is 4.40. The van der Waals surface area contributed by atoms with Crippen LogP contribution in [-0.4, -0.2) is 46.5 Å². The van der Waals surface area contributed by atoms with E-state index in [2.05, 4.69) is 40.5 Å². The summed E-state index contributed by atoms with van der Waals surface area (Å²) in [7, 11) is 0. The Kier molecular flexibility index (Phi) is 3.55. The smallest absolute Gasteiger partial charge is 0.252 e. The summed E-state index contributed by atoms with van der Waals surface area (Å²) in [5, 5.41) is 16.0. The maximum Gasteiger partial charge on any atom is 0.252 e. The molecule has 1 aliphatic rings. The van der Waals surface area contributed by atoms with Crippen molar-refractivity contribution >= 4 is 16.9 Å². The zero-order chi connectivity index (χ0) is 17.3. The highest BCUT2D eigenvalue weighted by Gasteiger charge is 2.22. The molecule has 0 saturated carbocycles. The number of aromatic amines is 1. The van der Waals surface area contributed by atoms with Crippen LogP contribution in [0, 0.1) is 0 Å². The lowest BCUT2D eigenvalue weighted by atomic mass is 9.87. The van der Waals surface area contributed by atoms with Gasteiger partial charge in [-0.1, -0.05) is 0 Å². The van der Waals surface area contributed by atoms with Crippen LogP contribution in [0.25, 0.3) is 17.0 Å². The third kappa shape index (κ3) is 2.48. The van der Waals surface area contributed by atoms with Gasteiger partial charge in [-0.15, -0.1) is 0 Å². The summed E-state index contributed by atoms with van der Waals surface area (Å²) >= 11 is 0. The molecule has 1 aliphatic carbocycles. The average molecular weight is 347 g/mol. The number of fused-ring (bicyclic) bond motifs is 2. The van der Waals surface area contributed by atoms with Gasteiger partial charge >= 0.3 is 0 Å². The van der Waals surface area contributed by atoms with Gasteiger partial charge in [0.15, 0.2) is 5.65 Å². The van der Waals surface area contributed by atoms with Gasteiger partial charge in [0.05, 0.1) is 17.8 Å². The van der Waals surface area contributed by atoms with Gasteiger partial charge < -0.3 is 5.32 Å². The molecule has 0 aliphatic heterocycles. The highest BCUT2D eigenvalue weighted by atomic mass is 15.4. The number of aromatic nitrogens is 8. The predicted molar refractivity (Wildman–Crippen MR) is 95.0 cm³/mol. The zero-order valence-corrected chi connectivity index (χ0v) is 14.0. The Labute approximate surface area is 148 Å². The lowest BCUT2D eigenvalue weighted by molar-refractivity contribution is 0.567. The van der Waals surface area contributed by atoms with Crippen molar-refractivity contribution < 1.29 is 0 Å². The first-order chi connectivity index (χ1) is 12.9. The minimum absolute atomic E-state index is 0.426. The highest BCUT2D eigenvalue weighted by molar-refractivity contribution is 5.86. The van der Waals surface area contributed by atoms with E-state index >= 15 is 0 Å². The maximum absolute atomic E-state index is 4.40. The molecular formula is C17H17N9. The van der Waals surface area contributed by atoms with Crippen molar-refractivity contribution in [3.05, 3.63) is 48.4 Å². The van der Waals surface area contributed by atoms with E-state index in [0.717, 1.165) is 30.6 Å². The van der Waals surface area contributed by atoms with Crippen LogP contribution in [0.1, 0.15) is 30.0 Å². The molecule has 0 spiro atoms. The Morgan fingerprint density at radius 1 is 1.15 bits per heavy atom. The normalized spacial score (nSPS) is 16.5. The molecule has 0 saturated heterocycles. The van der Waals surface area contributed by atoms with Crippen LogP contribution in [-0.2, 0) is 6.42 Å². The molecule has 1 unspecified atom stereocenters. The fourth-order valence-electron chi connectivity index (χ4n) is 3.52. The Hall–Kier alpha value is -3.36. The monoisotopic (exact) mass is 347 g/mol. The van der Waals surface area contributed by atoms with Crippen molar-refractivity contribution in [1.82, 2.24) is 39.9 Å². The van der Waals surface area contributed by atoms with Gasteiger partial charge in [0, 0.05) is 30.6 Å². The second kappa shape index (κ2) is 6.17. The summed E-state index contributed by atoms with van der Waals surface area (Å²) in [6.07, 6.45) is 12.0. The standard InChI is InChI=1S/C17H17N9/c1-3-11(12-8-23-25-14(12)4-1)7-20-15-13-9-24-26(16(13)22-10-21-15)17-18-5-2-6-19-17/h2,5-6,8-11H,1,3-4,7H2,(H,23,25)(H,20,21,22). The van der Waals surface area contributed by atoms with Crippen molar-refractivity contribution in [3.8, 4) is 5.95 Å². The minimum Gasteiger partial charge on any atom is -0.369 e. The first kappa shape index (κ1) is 14.9. The number of hydrogen-bond donors (Lipinski definition) is 2. The van der Waals surface area contributed by atoms with E-state index in [1.54, 1.807) is 29.3 Å². The van der Waals surface area contributed by atoms with Crippen LogP contribution in [0.5, 0.6) is 0 Å². The van der Waals surface area contributed by atoms with Gasteiger partial charge in [0.25, 0.3) is 5.95 Å². The first-order valence-corrected chi connectivity index (χ1v) is 8.62. The van der Waals surface area contributed by atoms with E-state index in [-0.39, 0.29) is 0 Å². The minimum atomic E-state index is 0.426.